The van der Waals surface area contributed by atoms with Gasteiger partial charge in [0.15, 0.2) is 6.10 Å². The molecule has 1 aliphatic rings. The predicted molar refractivity (Wildman–Crippen MR) is 226 cm³/mol. The number of likely N-dealkylation sites (N-methyl/N-ethyl adjacent to an activating group) is 3. The molecule has 15 nitrogen and oxygen atoms in total. The van der Waals surface area contributed by atoms with Crippen molar-refractivity contribution in [3.05, 3.63) is 23.3 Å². The molecule has 59 heavy (non-hydrogen) atoms. The van der Waals surface area contributed by atoms with Gasteiger partial charge < -0.3 is 39.9 Å². The molecule has 0 saturated heterocycles. The summed E-state index contributed by atoms with van der Waals surface area (Å²) in [5.41, 5.74) is 0.833. The number of carbonyl (C=O) groups is 7. The first-order chi connectivity index (χ1) is 27.4. The molecule has 1 aliphatic heterocycles. The summed E-state index contributed by atoms with van der Waals surface area (Å²) >= 11 is 0. The second-order valence-corrected chi connectivity index (χ2v) is 17.1. The number of aliphatic hydroxyl groups is 1. The lowest BCUT2D eigenvalue weighted by Crippen LogP contribution is -2.60. The summed E-state index contributed by atoms with van der Waals surface area (Å²) in [7, 11) is 4.36. The van der Waals surface area contributed by atoms with Crippen LogP contribution in [-0.2, 0) is 43.0 Å². The van der Waals surface area contributed by atoms with Crippen LogP contribution in [0.3, 0.4) is 0 Å². The predicted octanol–water partition coefficient (Wildman–Crippen LogP) is 4.02. The third-order valence-electron chi connectivity index (χ3n) is 11.7. The highest BCUT2D eigenvalue weighted by Crippen LogP contribution is 2.25. The van der Waals surface area contributed by atoms with Crippen LogP contribution in [0.1, 0.15) is 116 Å². The van der Waals surface area contributed by atoms with Crippen LogP contribution in [-0.4, -0.2) is 131 Å². The first-order valence-corrected chi connectivity index (χ1v) is 21.2. The minimum absolute atomic E-state index is 0.0129. The van der Waals surface area contributed by atoms with Crippen molar-refractivity contribution in [3.63, 3.8) is 0 Å². The van der Waals surface area contributed by atoms with Gasteiger partial charge in [-0.05, 0) is 63.4 Å². The van der Waals surface area contributed by atoms with Gasteiger partial charge in [0, 0.05) is 38.6 Å². The minimum Gasteiger partial charge on any atom is -0.456 e. The number of cyclic esters (lactones) is 2. The smallest absolute Gasteiger partial charge is 0.334 e. The summed E-state index contributed by atoms with van der Waals surface area (Å²) < 4.78 is 11.8. The van der Waals surface area contributed by atoms with E-state index in [1.807, 2.05) is 33.8 Å². The minimum atomic E-state index is -1.26. The van der Waals surface area contributed by atoms with Crippen LogP contribution in [0.15, 0.2) is 23.3 Å². The molecule has 0 aliphatic carbocycles. The zero-order valence-electron chi connectivity index (χ0n) is 38.6. The fourth-order valence-corrected chi connectivity index (χ4v) is 6.86. The van der Waals surface area contributed by atoms with E-state index in [1.54, 1.807) is 48.5 Å². The molecule has 5 amide bonds. The number of esters is 2. The van der Waals surface area contributed by atoms with Crippen molar-refractivity contribution in [1.29, 1.82) is 0 Å². The van der Waals surface area contributed by atoms with E-state index in [2.05, 4.69) is 10.6 Å². The topological polar surface area (TPSA) is 192 Å². The normalized spacial score (nSPS) is 29.7. The van der Waals surface area contributed by atoms with E-state index in [9.17, 15) is 38.7 Å². The Morgan fingerprint density at radius 1 is 0.814 bits per heavy atom. The van der Waals surface area contributed by atoms with Gasteiger partial charge in [0.05, 0.1) is 12.6 Å². The van der Waals surface area contributed by atoms with Gasteiger partial charge in [-0.2, -0.15) is 0 Å². The molecule has 0 saturated carbocycles. The van der Waals surface area contributed by atoms with Gasteiger partial charge in [0.25, 0.3) is 5.91 Å². The van der Waals surface area contributed by atoms with E-state index in [-0.39, 0.29) is 17.9 Å². The molecular formula is C44H75N5O10. The van der Waals surface area contributed by atoms with Crippen LogP contribution >= 0.6 is 0 Å². The van der Waals surface area contributed by atoms with Crippen LogP contribution in [0.2, 0.25) is 0 Å². The lowest BCUT2D eigenvalue weighted by atomic mass is 9.90. The van der Waals surface area contributed by atoms with Gasteiger partial charge >= 0.3 is 11.9 Å². The molecule has 0 fully saturated rings. The van der Waals surface area contributed by atoms with Crippen LogP contribution < -0.4 is 10.6 Å². The number of rotatable bonds is 8. The molecule has 3 unspecified atom stereocenters. The quantitative estimate of drug-likeness (QED) is 0.238. The SMILES string of the molecule is CC/C=C(\C)C1OC(=O)C(C)N(C)C(=O)[C@H](C(C)C)NC(=O)CN(C)C(=O)C([C@H](C)CC)N(C)C(=O)[C@H](C(C)C)NC(=O)[C@@H]([C@@H](C)CC)OC(=O)/C(C)=C/C[C@H](O)[C@@H]1C. The third-order valence-corrected chi connectivity index (χ3v) is 11.7. The maximum absolute atomic E-state index is 14.2. The molecule has 3 N–H and O–H groups in total. The summed E-state index contributed by atoms with van der Waals surface area (Å²) in [5, 5.41) is 16.9. The number of nitrogens with zero attached hydrogens (tertiary/aromatic N) is 3. The molecule has 1 rings (SSSR count). The molecule has 0 bridgehead atoms. The Morgan fingerprint density at radius 2 is 1.34 bits per heavy atom. The zero-order valence-corrected chi connectivity index (χ0v) is 38.6. The Morgan fingerprint density at radius 3 is 1.85 bits per heavy atom. The highest BCUT2D eigenvalue weighted by atomic mass is 16.6. The van der Waals surface area contributed by atoms with Crippen molar-refractivity contribution in [2.24, 2.45) is 29.6 Å². The van der Waals surface area contributed by atoms with E-state index in [4.69, 9.17) is 9.47 Å². The van der Waals surface area contributed by atoms with Gasteiger partial charge in [-0.15, -0.1) is 0 Å². The Hall–Kier alpha value is -4.27. The number of amides is 5. The van der Waals surface area contributed by atoms with E-state index in [1.165, 1.54) is 55.8 Å². The number of ether oxygens (including phenoxy) is 2. The standard InChI is InChI=1S/C44H75N5O10/c1-17-20-28(10)37-30(12)32(50)22-21-29(11)43(56)59-38(27(9)19-3)39(52)46-35(25(6)7)41(54)49(16)36(26(8)18-2)42(55)47(14)23-33(51)45-34(24(4)5)40(53)48(15)31(13)44(57)58-37/h20-21,24-27,30-32,34-38,50H,17-19,22-23H2,1-16H3,(H,45,51)(H,46,52)/b28-20+,29-21+/t26-,27+,30+,31?,32+,34+,35+,36?,37?,38-/m1/s1. The molecule has 15 heteroatoms. The molecule has 0 spiro atoms. The Bertz CT molecular complexity index is 1540. The Labute approximate surface area is 353 Å². The molecular weight excluding hydrogens is 759 g/mol. The van der Waals surface area contributed by atoms with Crippen molar-refractivity contribution in [1.82, 2.24) is 25.3 Å². The maximum atomic E-state index is 14.2. The highest BCUT2D eigenvalue weighted by Gasteiger charge is 2.40. The summed E-state index contributed by atoms with van der Waals surface area (Å²) in [6.07, 6.45) is 1.75. The average Bonchev–Trinajstić information content (AvgIpc) is 3.18. The van der Waals surface area contributed by atoms with Crippen LogP contribution in [0, 0.1) is 29.6 Å². The van der Waals surface area contributed by atoms with Crippen molar-refractivity contribution in [2.75, 3.05) is 27.7 Å². The lowest BCUT2D eigenvalue weighted by Gasteiger charge is -2.37. The van der Waals surface area contributed by atoms with Crippen molar-refractivity contribution >= 4 is 41.5 Å². The van der Waals surface area contributed by atoms with Crippen molar-refractivity contribution < 1.29 is 48.1 Å². The zero-order chi connectivity index (χ0) is 45.6. The van der Waals surface area contributed by atoms with Crippen molar-refractivity contribution in [2.45, 2.75) is 158 Å². The number of carbonyl (C=O) groups excluding carboxylic acids is 7. The molecule has 336 valence electrons. The van der Waals surface area contributed by atoms with Gasteiger partial charge in [-0.3, -0.25) is 24.0 Å². The maximum Gasteiger partial charge on any atom is 0.334 e. The van der Waals surface area contributed by atoms with E-state index >= 15 is 0 Å². The second-order valence-electron chi connectivity index (χ2n) is 17.1. The number of hydrogen-bond donors (Lipinski definition) is 3. The Balaban J connectivity index is 3.89. The molecule has 10 atom stereocenters. The van der Waals surface area contributed by atoms with E-state index < -0.39 is 114 Å². The van der Waals surface area contributed by atoms with E-state index in [0.717, 1.165) is 0 Å². The molecule has 1 heterocycles. The van der Waals surface area contributed by atoms with Gasteiger partial charge in [-0.25, -0.2) is 9.59 Å². The number of nitrogens with one attached hydrogen (secondary N) is 2. The summed E-state index contributed by atoms with van der Waals surface area (Å²) in [6, 6.07) is -4.26. The summed E-state index contributed by atoms with van der Waals surface area (Å²) in [6.45, 7) is 22.3. The molecule has 0 aromatic heterocycles. The number of aliphatic hydroxyl groups excluding tert-OH is 1. The summed E-state index contributed by atoms with van der Waals surface area (Å²) in [5.74, 6) is -6.70. The van der Waals surface area contributed by atoms with Gasteiger partial charge in [0.1, 0.15) is 30.3 Å². The highest BCUT2D eigenvalue weighted by molar-refractivity contribution is 5.96. The lowest BCUT2D eigenvalue weighted by molar-refractivity contribution is -0.160. The largest absolute Gasteiger partial charge is 0.456 e. The molecule has 0 aromatic carbocycles. The first-order valence-electron chi connectivity index (χ1n) is 21.2. The average molecular weight is 834 g/mol. The van der Waals surface area contributed by atoms with Crippen LogP contribution in [0.5, 0.6) is 0 Å². The fourth-order valence-electron chi connectivity index (χ4n) is 6.86. The molecule has 0 aromatic rings. The Kier molecular flexibility index (Phi) is 21.5. The van der Waals surface area contributed by atoms with Gasteiger partial charge in [-0.1, -0.05) is 87.8 Å². The number of hydrogen-bond acceptors (Lipinski definition) is 10. The first kappa shape index (κ1) is 52.7. The monoisotopic (exact) mass is 834 g/mol. The van der Waals surface area contributed by atoms with Gasteiger partial charge in [0.2, 0.25) is 23.6 Å². The van der Waals surface area contributed by atoms with Crippen LogP contribution in [0.25, 0.3) is 0 Å². The third kappa shape index (κ3) is 14.5. The number of allylic oxidation sites excluding steroid dienone is 1. The second kappa shape index (κ2) is 24.1. The van der Waals surface area contributed by atoms with Crippen LogP contribution in [0.4, 0.5) is 0 Å². The fraction of sp³-hybridized carbons (Fsp3) is 0.750. The summed E-state index contributed by atoms with van der Waals surface area (Å²) in [4.78, 5) is 101. The van der Waals surface area contributed by atoms with Crippen molar-refractivity contribution in [3.8, 4) is 0 Å². The van der Waals surface area contributed by atoms with E-state index in [0.29, 0.717) is 24.8 Å². The molecule has 0 radical (unpaired) electrons.